The summed E-state index contributed by atoms with van der Waals surface area (Å²) in [4.78, 5) is 0. The van der Waals surface area contributed by atoms with E-state index in [9.17, 15) is 4.21 Å². The first-order chi connectivity index (χ1) is 1.73. The Labute approximate surface area is 78.9 Å². The second-order valence-corrected chi connectivity index (χ2v) is 2.22. The van der Waals surface area contributed by atoms with Crippen LogP contribution < -0.4 is 51.4 Å². The summed E-state index contributed by atoms with van der Waals surface area (Å²) in [5.74, 6) is 0. The number of rotatable bonds is 0. The second kappa shape index (κ2) is 5.79. The first-order valence-electron chi connectivity index (χ1n) is 0.983. The van der Waals surface area contributed by atoms with Crippen molar-refractivity contribution in [2.24, 2.45) is 0 Å². The van der Waals surface area contributed by atoms with Gasteiger partial charge in [-0.2, -0.15) is 0 Å². The van der Waals surface area contributed by atoms with Crippen molar-refractivity contribution in [3.8, 4) is 0 Å². The molecule has 0 saturated heterocycles. The van der Waals surface area contributed by atoms with E-state index in [0.717, 1.165) is 0 Å². The second-order valence-electron chi connectivity index (χ2n) is 0.742. The molecule has 0 aromatic carbocycles. The molecule has 0 unspecified atom stereocenters. The molecule has 3 heteroatoms. The van der Waals surface area contributed by atoms with E-state index in [1.54, 1.807) is 12.5 Å². The molecule has 0 aliphatic rings. The van der Waals surface area contributed by atoms with Crippen LogP contribution in [0.15, 0.2) is 0 Å². The van der Waals surface area contributed by atoms with Crippen molar-refractivity contribution in [3.05, 3.63) is 0 Å². The molecule has 0 radical (unpaired) electrons. The van der Waals surface area contributed by atoms with Gasteiger partial charge in [0.25, 0.3) is 0 Å². The molecule has 0 saturated carbocycles. The van der Waals surface area contributed by atoms with Crippen LogP contribution in [-0.4, -0.2) is 16.7 Å². The van der Waals surface area contributed by atoms with Crippen molar-refractivity contribution >= 4 is 10.8 Å². The monoisotopic (exact) mass is 118 g/mol. The van der Waals surface area contributed by atoms with Gasteiger partial charge in [0.2, 0.25) is 0 Å². The third-order valence-corrected chi connectivity index (χ3v) is 0. The summed E-state index contributed by atoms with van der Waals surface area (Å²) in [5.41, 5.74) is 0. The minimum Gasteiger partial charge on any atom is -1.00 e. The smallest absolute Gasteiger partial charge is 1.00 e. The summed E-state index contributed by atoms with van der Waals surface area (Å²) in [7, 11) is -0.611. The Hall–Kier alpha value is 1.79. The molecule has 0 spiro atoms. The molecule has 0 atom stereocenters. The third kappa shape index (κ3) is 26.0. The largest absolute Gasteiger partial charge is 1.00 e. The van der Waals surface area contributed by atoms with Crippen molar-refractivity contribution < 1.29 is 57.0 Å². The first kappa shape index (κ1) is 9.92. The normalized spacial score (nSPS) is 7.00. The summed E-state index contributed by atoms with van der Waals surface area (Å²) in [6.45, 7) is 0. The third-order valence-electron chi connectivity index (χ3n) is 0. The van der Waals surface area contributed by atoms with Crippen LogP contribution >= 0.6 is 0 Å². The van der Waals surface area contributed by atoms with E-state index in [1.165, 1.54) is 0 Å². The van der Waals surface area contributed by atoms with Gasteiger partial charge in [0.15, 0.2) is 0 Å². The SMILES string of the molecule is CS(C)=O.[H-].[K+]. The Bertz CT molecular complexity index is 36.5. The maximum absolute atomic E-state index is 9.56. The Balaban J connectivity index is -0.0000000450. The summed E-state index contributed by atoms with van der Waals surface area (Å²) < 4.78 is 9.56. The van der Waals surface area contributed by atoms with E-state index in [4.69, 9.17) is 0 Å². The van der Waals surface area contributed by atoms with Crippen LogP contribution in [0.25, 0.3) is 0 Å². The fourth-order valence-electron chi connectivity index (χ4n) is 0. The van der Waals surface area contributed by atoms with Crippen LogP contribution in [0.1, 0.15) is 1.43 Å². The topological polar surface area (TPSA) is 17.1 Å². The zero-order chi connectivity index (χ0) is 3.58. The quantitative estimate of drug-likeness (QED) is 0.312. The molecule has 0 aromatic rings. The van der Waals surface area contributed by atoms with Crippen LogP contribution in [0.2, 0.25) is 0 Å². The van der Waals surface area contributed by atoms with Gasteiger partial charge in [-0.15, -0.1) is 0 Å². The van der Waals surface area contributed by atoms with Gasteiger partial charge >= 0.3 is 51.4 Å². The van der Waals surface area contributed by atoms with Crippen molar-refractivity contribution in [3.63, 3.8) is 0 Å². The molecule has 1 nitrogen and oxygen atoms in total. The first-order valence-corrected chi connectivity index (χ1v) is 2.95. The van der Waals surface area contributed by atoms with Gasteiger partial charge in [0, 0.05) is 23.3 Å². The van der Waals surface area contributed by atoms with Gasteiger partial charge in [-0.1, -0.05) is 0 Å². The van der Waals surface area contributed by atoms with E-state index < -0.39 is 10.8 Å². The fraction of sp³-hybridized carbons (Fsp3) is 1.00. The maximum Gasteiger partial charge on any atom is 1.00 e. The molecule has 0 aliphatic heterocycles. The van der Waals surface area contributed by atoms with Crippen LogP contribution in [-0.2, 0) is 10.8 Å². The number of hydrogen-bond donors (Lipinski definition) is 0. The van der Waals surface area contributed by atoms with Crippen LogP contribution in [0.3, 0.4) is 0 Å². The molecule has 0 N–H and O–H groups in total. The van der Waals surface area contributed by atoms with Gasteiger partial charge < -0.3 is 1.43 Å². The zero-order valence-electron chi connectivity index (χ0n) is 4.82. The molecule has 0 aromatic heterocycles. The van der Waals surface area contributed by atoms with Crippen molar-refractivity contribution in [2.45, 2.75) is 0 Å². The van der Waals surface area contributed by atoms with E-state index in [-0.39, 0.29) is 52.8 Å². The van der Waals surface area contributed by atoms with Crippen molar-refractivity contribution in [1.82, 2.24) is 0 Å². The van der Waals surface area contributed by atoms with Crippen LogP contribution in [0.5, 0.6) is 0 Å². The molecule has 0 rings (SSSR count). The Morgan fingerprint density at radius 3 is 1.60 bits per heavy atom. The zero-order valence-corrected chi connectivity index (χ0v) is 7.76. The Morgan fingerprint density at radius 1 is 1.60 bits per heavy atom. The van der Waals surface area contributed by atoms with Gasteiger partial charge in [0.05, 0.1) is 0 Å². The molecule has 5 heavy (non-hydrogen) atoms. The summed E-state index contributed by atoms with van der Waals surface area (Å²) in [5, 5.41) is 0. The molecular formula is C2H7KOS. The predicted molar refractivity (Wildman–Crippen MR) is 21.1 cm³/mol. The van der Waals surface area contributed by atoms with Gasteiger partial charge in [-0.3, -0.25) is 4.21 Å². The summed E-state index contributed by atoms with van der Waals surface area (Å²) >= 11 is 0. The Kier molecular flexibility index (Phi) is 11.5. The molecule has 28 valence electrons. The average molecular weight is 118 g/mol. The summed E-state index contributed by atoms with van der Waals surface area (Å²) in [6.07, 6.45) is 3.28. The van der Waals surface area contributed by atoms with Crippen molar-refractivity contribution in [2.75, 3.05) is 12.5 Å². The van der Waals surface area contributed by atoms with E-state index >= 15 is 0 Å². The molecule has 0 heterocycles. The maximum atomic E-state index is 9.56. The minimum absolute atomic E-state index is 0. The molecule has 0 amide bonds. The van der Waals surface area contributed by atoms with Crippen LogP contribution in [0.4, 0.5) is 0 Å². The van der Waals surface area contributed by atoms with Crippen LogP contribution in [0, 0.1) is 0 Å². The average Bonchev–Trinajstić information content (AvgIpc) is 0.811. The number of hydrogen-bond acceptors (Lipinski definition) is 1. The van der Waals surface area contributed by atoms with E-state index in [1.807, 2.05) is 0 Å². The molecular weight excluding hydrogens is 111 g/mol. The summed E-state index contributed by atoms with van der Waals surface area (Å²) in [6, 6.07) is 0. The molecule has 0 bridgehead atoms. The predicted octanol–water partition coefficient (Wildman–Crippen LogP) is -2.89. The van der Waals surface area contributed by atoms with Gasteiger partial charge in [0.1, 0.15) is 0 Å². The molecule has 0 aliphatic carbocycles. The Morgan fingerprint density at radius 2 is 1.60 bits per heavy atom. The molecule has 0 fully saturated rings. The van der Waals surface area contributed by atoms with E-state index in [2.05, 4.69) is 0 Å². The van der Waals surface area contributed by atoms with Gasteiger partial charge in [-0.25, -0.2) is 0 Å². The van der Waals surface area contributed by atoms with Crippen molar-refractivity contribution in [1.29, 1.82) is 0 Å². The standard InChI is InChI=1S/C2H6OS.K.H/c1-4(2)3;;/h1-2H3;;/q;+1;-1. The minimum atomic E-state index is -0.611. The fourth-order valence-corrected chi connectivity index (χ4v) is 0. The van der Waals surface area contributed by atoms with Gasteiger partial charge in [-0.05, 0) is 0 Å². The van der Waals surface area contributed by atoms with E-state index in [0.29, 0.717) is 0 Å².